The molecule has 1 atom stereocenters. The number of furan rings is 1. The van der Waals surface area contributed by atoms with E-state index in [9.17, 15) is 0 Å². The van der Waals surface area contributed by atoms with Crippen molar-refractivity contribution >= 4 is 0 Å². The van der Waals surface area contributed by atoms with Crippen molar-refractivity contribution in [1.29, 1.82) is 0 Å². The minimum Gasteiger partial charge on any atom is -0.467 e. The molecule has 1 aliphatic rings. The average Bonchev–Trinajstić information content (AvgIpc) is 3.09. The van der Waals surface area contributed by atoms with Gasteiger partial charge in [0.1, 0.15) is 17.6 Å². The summed E-state index contributed by atoms with van der Waals surface area (Å²) in [7, 11) is 1.99. The highest BCUT2D eigenvalue weighted by Gasteiger charge is 2.24. The monoisotopic (exact) mass is 262 g/mol. The van der Waals surface area contributed by atoms with E-state index in [2.05, 4.69) is 15.4 Å². The van der Waals surface area contributed by atoms with Crippen LogP contribution in [-0.4, -0.2) is 40.9 Å². The Labute approximate surface area is 111 Å². The van der Waals surface area contributed by atoms with Gasteiger partial charge in [-0.25, -0.2) is 15.4 Å². The molecule has 1 unspecified atom stereocenters. The van der Waals surface area contributed by atoms with Gasteiger partial charge in [0, 0.05) is 32.5 Å². The molecule has 3 rings (SSSR count). The van der Waals surface area contributed by atoms with E-state index < -0.39 is 0 Å². The van der Waals surface area contributed by atoms with Crippen LogP contribution in [0.4, 0.5) is 0 Å². The molecular formula is C13H18N4O2. The lowest BCUT2D eigenvalue weighted by Crippen LogP contribution is -2.47. The normalized spacial score (nSPS) is 18.6. The first-order valence-corrected chi connectivity index (χ1v) is 6.44. The number of hydrogen-bond acceptors (Lipinski definition) is 5. The number of imidazole rings is 1. The van der Waals surface area contributed by atoms with Crippen molar-refractivity contribution in [3.05, 3.63) is 42.4 Å². The van der Waals surface area contributed by atoms with Gasteiger partial charge in [0.05, 0.1) is 19.5 Å². The molecule has 0 bridgehead atoms. The van der Waals surface area contributed by atoms with Crippen LogP contribution in [0.2, 0.25) is 0 Å². The molecule has 2 aromatic rings. The molecule has 6 nitrogen and oxygen atoms in total. The van der Waals surface area contributed by atoms with Crippen molar-refractivity contribution in [2.24, 2.45) is 7.05 Å². The van der Waals surface area contributed by atoms with Crippen LogP contribution in [0.25, 0.3) is 0 Å². The topological polar surface area (TPSA) is 55.5 Å². The molecule has 1 aliphatic heterocycles. The van der Waals surface area contributed by atoms with Gasteiger partial charge in [0.25, 0.3) is 0 Å². The number of ether oxygens (including phenoxy) is 1. The Balaban J connectivity index is 1.82. The van der Waals surface area contributed by atoms with Gasteiger partial charge in [0.2, 0.25) is 0 Å². The maximum absolute atomic E-state index is 5.54. The van der Waals surface area contributed by atoms with Crippen LogP contribution in [0.1, 0.15) is 17.6 Å². The smallest absolute Gasteiger partial charge is 0.137 e. The highest BCUT2D eigenvalue weighted by molar-refractivity contribution is 5.15. The number of aryl methyl sites for hydroxylation is 1. The van der Waals surface area contributed by atoms with Crippen molar-refractivity contribution in [2.45, 2.75) is 6.04 Å². The van der Waals surface area contributed by atoms with Crippen LogP contribution in [0.15, 0.2) is 35.2 Å². The lowest BCUT2D eigenvalue weighted by atomic mass is 10.2. The fourth-order valence-electron chi connectivity index (χ4n) is 2.23. The molecule has 0 saturated carbocycles. The van der Waals surface area contributed by atoms with Crippen LogP contribution in [0.5, 0.6) is 0 Å². The third-order valence-corrected chi connectivity index (χ3v) is 3.27. The summed E-state index contributed by atoms with van der Waals surface area (Å²) in [6.45, 7) is 3.22. The van der Waals surface area contributed by atoms with E-state index in [4.69, 9.17) is 9.15 Å². The molecule has 1 N–H and O–H groups in total. The molecule has 102 valence electrons. The van der Waals surface area contributed by atoms with Gasteiger partial charge in [0.15, 0.2) is 0 Å². The lowest BCUT2D eigenvalue weighted by Gasteiger charge is -2.30. The van der Waals surface area contributed by atoms with Crippen molar-refractivity contribution < 1.29 is 9.15 Å². The van der Waals surface area contributed by atoms with Gasteiger partial charge in [-0.1, -0.05) is 0 Å². The Morgan fingerprint density at radius 3 is 2.84 bits per heavy atom. The van der Waals surface area contributed by atoms with E-state index in [1.807, 2.05) is 29.9 Å². The van der Waals surface area contributed by atoms with Gasteiger partial charge in [-0.3, -0.25) is 0 Å². The second kappa shape index (κ2) is 5.56. The van der Waals surface area contributed by atoms with Crippen molar-refractivity contribution in [2.75, 3.05) is 26.3 Å². The summed E-state index contributed by atoms with van der Waals surface area (Å²) in [6.07, 6.45) is 5.42. The highest BCUT2D eigenvalue weighted by atomic mass is 16.5. The molecule has 19 heavy (non-hydrogen) atoms. The van der Waals surface area contributed by atoms with Crippen LogP contribution in [0, 0.1) is 0 Å². The quantitative estimate of drug-likeness (QED) is 0.888. The van der Waals surface area contributed by atoms with E-state index in [-0.39, 0.29) is 6.04 Å². The number of hydrogen-bond donors (Lipinski definition) is 1. The predicted molar refractivity (Wildman–Crippen MR) is 69.3 cm³/mol. The first-order valence-electron chi connectivity index (χ1n) is 6.44. The minimum atomic E-state index is -0.0758. The number of morpholine rings is 1. The third kappa shape index (κ3) is 2.70. The van der Waals surface area contributed by atoms with E-state index in [1.54, 1.807) is 12.5 Å². The van der Waals surface area contributed by atoms with E-state index in [0.29, 0.717) is 0 Å². The number of aromatic nitrogens is 2. The fraction of sp³-hybridized carbons (Fsp3) is 0.462. The first kappa shape index (κ1) is 12.4. The molecule has 1 saturated heterocycles. The zero-order valence-electron chi connectivity index (χ0n) is 11.0. The van der Waals surface area contributed by atoms with Gasteiger partial charge in [-0.05, 0) is 12.1 Å². The van der Waals surface area contributed by atoms with Gasteiger partial charge in [-0.15, -0.1) is 0 Å². The van der Waals surface area contributed by atoms with Crippen LogP contribution < -0.4 is 5.43 Å². The fourth-order valence-corrected chi connectivity index (χ4v) is 2.23. The van der Waals surface area contributed by atoms with Crippen molar-refractivity contribution in [1.82, 2.24) is 20.0 Å². The van der Waals surface area contributed by atoms with Crippen LogP contribution >= 0.6 is 0 Å². The molecule has 6 heteroatoms. The van der Waals surface area contributed by atoms with Gasteiger partial charge >= 0.3 is 0 Å². The predicted octanol–water partition coefficient (Wildman–Crippen LogP) is 0.939. The summed E-state index contributed by atoms with van der Waals surface area (Å²) in [4.78, 5) is 4.42. The Morgan fingerprint density at radius 1 is 1.37 bits per heavy atom. The van der Waals surface area contributed by atoms with Crippen LogP contribution in [0.3, 0.4) is 0 Å². The summed E-state index contributed by atoms with van der Waals surface area (Å²) < 4.78 is 12.9. The molecule has 3 heterocycles. The molecule has 0 spiro atoms. The van der Waals surface area contributed by atoms with Crippen LogP contribution in [-0.2, 0) is 11.8 Å². The van der Waals surface area contributed by atoms with E-state index in [1.165, 1.54) is 0 Å². The largest absolute Gasteiger partial charge is 0.467 e. The maximum Gasteiger partial charge on any atom is 0.137 e. The summed E-state index contributed by atoms with van der Waals surface area (Å²) in [5.41, 5.74) is 3.48. The standard InChI is InChI=1S/C13H18N4O2/c1-16-5-4-14-13(16)12(11-3-2-8-19-11)15-17-6-9-18-10-7-17/h2-5,8,12,15H,6-7,9-10H2,1H3. The molecule has 0 radical (unpaired) electrons. The molecular weight excluding hydrogens is 244 g/mol. The lowest BCUT2D eigenvalue weighted by molar-refractivity contribution is 0.00414. The number of nitrogens with zero attached hydrogens (tertiary/aromatic N) is 3. The minimum absolute atomic E-state index is 0.0758. The molecule has 0 aromatic carbocycles. The highest BCUT2D eigenvalue weighted by Crippen LogP contribution is 2.21. The Kier molecular flexibility index (Phi) is 3.63. The Bertz CT molecular complexity index is 502. The maximum atomic E-state index is 5.54. The number of rotatable bonds is 4. The van der Waals surface area contributed by atoms with Crippen molar-refractivity contribution in [3.8, 4) is 0 Å². The molecule has 0 amide bonds. The first-order chi connectivity index (χ1) is 9.34. The van der Waals surface area contributed by atoms with E-state index >= 15 is 0 Å². The van der Waals surface area contributed by atoms with Crippen molar-refractivity contribution in [3.63, 3.8) is 0 Å². The molecule has 1 fully saturated rings. The summed E-state index contributed by atoms with van der Waals surface area (Å²) in [6, 6.07) is 3.78. The zero-order chi connectivity index (χ0) is 13.1. The number of nitrogens with one attached hydrogen (secondary N) is 1. The zero-order valence-corrected chi connectivity index (χ0v) is 11.0. The Hall–Kier alpha value is -1.63. The molecule has 0 aliphatic carbocycles. The SMILES string of the molecule is Cn1ccnc1C(NN1CCOCC1)c1ccco1. The summed E-state index contributed by atoms with van der Waals surface area (Å²) >= 11 is 0. The van der Waals surface area contributed by atoms with Gasteiger partial charge < -0.3 is 13.7 Å². The van der Waals surface area contributed by atoms with Gasteiger partial charge in [-0.2, -0.15) is 0 Å². The summed E-state index contributed by atoms with van der Waals surface area (Å²) in [5.74, 6) is 1.79. The molecule has 2 aromatic heterocycles. The average molecular weight is 262 g/mol. The second-order valence-corrected chi connectivity index (χ2v) is 4.57. The second-order valence-electron chi connectivity index (χ2n) is 4.57. The third-order valence-electron chi connectivity index (χ3n) is 3.27. The van der Waals surface area contributed by atoms with E-state index in [0.717, 1.165) is 37.9 Å². The number of hydrazine groups is 1. The summed E-state index contributed by atoms with van der Waals surface area (Å²) in [5, 5.41) is 2.16. The Morgan fingerprint density at radius 2 is 2.21 bits per heavy atom.